The van der Waals surface area contributed by atoms with Crippen molar-refractivity contribution >= 4 is 0 Å². The molecule has 0 radical (unpaired) electrons. The Kier molecular flexibility index (Phi) is 4.14. The average Bonchev–Trinajstić information content (AvgIpc) is 2.95. The Hall–Kier alpha value is -1.65. The van der Waals surface area contributed by atoms with Crippen LogP contribution in [0.4, 0.5) is 0 Å². The smallest absolute Gasteiger partial charge is 0.0695 e. The highest BCUT2D eigenvalue weighted by molar-refractivity contribution is 5.62. The van der Waals surface area contributed by atoms with Crippen molar-refractivity contribution in [3.8, 4) is 11.3 Å². The summed E-state index contributed by atoms with van der Waals surface area (Å²) in [5.41, 5.74) is 3.51. The van der Waals surface area contributed by atoms with Crippen molar-refractivity contribution in [1.82, 2.24) is 15.5 Å². The molecule has 20 heavy (non-hydrogen) atoms. The molecule has 4 nitrogen and oxygen atoms in total. The molecule has 106 valence electrons. The second-order valence-electron chi connectivity index (χ2n) is 5.42. The van der Waals surface area contributed by atoms with Crippen molar-refractivity contribution in [2.75, 3.05) is 6.61 Å². The van der Waals surface area contributed by atoms with Gasteiger partial charge in [-0.3, -0.25) is 5.10 Å². The lowest BCUT2D eigenvalue weighted by molar-refractivity contribution is 0.0130. The van der Waals surface area contributed by atoms with Gasteiger partial charge >= 0.3 is 0 Å². The van der Waals surface area contributed by atoms with Gasteiger partial charge in [-0.1, -0.05) is 30.3 Å². The zero-order valence-electron chi connectivity index (χ0n) is 11.8. The largest absolute Gasteiger partial charge is 0.378 e. The lowest BCUT2D eigenvalue weighted by Gasteiger charge is -2.28. The van der Waals surface area contributed by atoms with Crippen molar-refractivity contribution in [3.63, 3.8) is 0 Å². The molecule has 1 saturated heterocycles. The van der Waals surface area contributed by atoms with Crippen LogP contribution in [0.1, 0.15) is 25.3 Å². The molecule has 0 amide bonds. The van der Waals surface area contributed by atoms with E-state index >= 15 is 0 Å². The van der Waals surface area contributed by atoms with E-state index in [0.29, 0.717) is 12.1 Å². The maximum absolute atomic E-state index is 5.58. The Balaban J connectivity index is 1.65. The van der Waals surface area contributed by atoms with E-state index in [-0.39, 0.29) is 0 Å². The van der Waals surface area contributed by atoms with Gasteiger partial charge in [-0.05, 0) is 25.3 Å². The fourth-order valence-electron chi connectivity index (χ4n) is 2.74. The van der Waals surface area contributed by atoms with E-state index in [4.69, 9.17) is 4.74 Å². The monoisotopic (exact) mass is 271 g/mol. The Bertz CT molecular complexity index is 538. The summed E-state index contributed by atoms with van der Waals surface area (Å²) in [5.74, 6) is 0. The van der Waals surface area contributed by atoms with Crippen LogP contribution in [0.2, 0.25) is 0 Å². The Morgan fingerprint density at radius 3 is 3.00 bits per heavy atom. The van der Waals surface area contributed by atoms with E-state index in [0.717, 1.165) is 31.7 Å². The highest BCUT2D eigenvalue weighted by Crippen LogP contribution is 2.21. The van der Waals surface area contributed by atoms with Crippen LogP contribution in [-0.4, -0.2) is 29.0 Å². The van der Waals surface area contributed by atoms with E-state index in [1.54, 1.807) is 0 Å². The first-order valence-electron chi connectivity index (χ1n) is 7.25. The van der Waals surface area contributed by atoms with Gasteiger partial charge in [0.25, 0.3) is 0 Å². The standard InChI is InChI=1S/C16H21N3O/c1-12-9-15(7-8-20-12)17-10-14-11-18-19-16(14)13-5-3-2-4-6-13/h2-6,11-12,15,17H,7-10H2,1H3,(H,18,19). The van der Waals surface area contributed by atoms with E-state index in [1.807, 2.05) is 24.4 Å². The Morgan fingerprint density at radius 2 is 2.20 bits per heavy atom. The number of rotatable bonds is 4. The molecule has 0 bridgehead atoms. The van der Waals surface area contributed by atoms with Crippen LogP contribution in [0.15, 0.2) is 36.5 Å². The molecule has 2 heterocycles. The number of aromatic nitrogens is 2. The summed E-state index contributed by atoms with van der Waals surface area (Å²) < 4.78 is 5.58. The number of benzene rings is 1. The van der Waals surface area contributed by atoms with Gasteiger partial charge in [0.1, 0.15) is 0 Å². The molecular weight excluding hydrogens is 250 g/mol. The number of H-pyrrole nitrogens is 1. The topological polar surface area (TPSA) is 49.9 Å². The van der Waals surface area contributed by atoms with E-state index in [2.05, 4.69) is 34.6 Å². The molecule has 0 aliphatic carbocycles. The quantitative estimate of drug-likeness (QED) is 0.899. The minimum Gasteiger partial charge on any atom is -0.378 e. The fraction of sp³-hybridized carbons (Fsp3) is 0.438. The highest BCUT2D eigenvalue weighted by atomic mass is 16.5. The van der Waals surface area contributed by atoms with Crippen molar-refractivity contribution < 1.29 is 4.74 Å². The van der Waals surface area contributed by atoms with Crippen molar-refractivity contribution in [1.29, 1.82) is 0 Å². The zero-order valence-corrected chi connectivity index (χ0v) is 11.8. The van der Waals surface area contributed by atoms with E-state index < -0.39 is 0 Å². The lowest BCUT2D eigenvalue weighted by Crippen LogP contribution is -2.37. The molecule has 0 saturated carbocycles. The molecular formula is C16H21N3O. The van der Waals surface area contributed by atoms with Gasteiger partial charge in [-0.25, -0.2) is 0 Å². The van der Waals surface area contributed by atoms with Crippen LogP contribution in [0, 0.1) is 0 Å². The highest BCUT2D eigenvalue weighted by Gasteiger charge is 2.19. The fourth-order valence-corrected chi connectivity index (χ4v) is 2.74. The lowest BCUT2D eigenvalue weighted by atomic mass is 10.0. The van der Waals surface area contributed by atoms with E-state index in [1.165, 1.54) is 11.1 Å². The van der Waals surface area contributed by atoms with Crippen molar-refractivity contribution in [2.24, 2.45) is 0 Å². The van der Waals surface area contributed by atoms with Crippen LogP contribution in [0.3, 0.4) is 0 Å². The summed E-state index contributed by atoms with van der Waals surface area (Å²) in [5, 5.41) is 10.9. The first kappa shape index (κ1) is 13.3. The number of hydrogen-bond acceptors (Lipinski definition) is 3. The first-order chi connectivity index (χ1) is 9.83. The molecule has 2 aromatic rings. The van der Waals surface area contributed by atoms with E-state index in [9.17, 15) is 0 Å². The SMILES string of the molecule is CC1CC(NCc2cn[nH]c2-c2ccccc2)CCO1. The van der Waals surface area contributed by atoms with Gasteiger partial charge in [-0.2, -0.15) is 5.10 Å². The van der Waals surface area contributed by atoms with Crippen LogP contribution >= 0.6 is 0 Å². The number of ether oxygens (including phenoxy) is 1. The predicted molar refractivity (Wildman–Crippen MR) is 79.3 cm³/mol. The normalized spacial score (nSPS) is 22.9. The van der Waals surface area contributed by atoms with Crippen LogP contribution < -0.4 is 5.32 Å². The number of hydrogen-bond donors (Lipinski definition) is 2. The third-order valence-corrected chi connectivity index (χ3v) is 3.85. The van der Waals surface area contributed by atoms with Gasteiger partial charge in [0.15, 0.2) is 0 Å². The van der Waals surface area contributed by atoms with Gasteiger partial charge < -0.3 is 10.1 Å². The molecule has 4 heteroatoms. The minimum atomic E-state index is 0.360. The average molecular weight is 271 g/mol. The Morgan fingerprint density at radius 1 is 1.35 bits per heavy atom. The molecule has 3 rings (SSSR count). The van der Waals surface area contributed by atoms with Crippen molar-refractivity contribution in [2.45, 2.75) is 38.5 Å². The second-order valence-corrected chi connectivity index (χ2v) is 5.42. The summed E-state index contributed by atoms with van der Waals surface area (Å²) in [6, 6.07) is 10.9. The molecule has 2 atom stereocenters. The Labute approximate surface area is 119 Å². The molecule has 1 aliphatic rings. The molecule has 1 aliphatic heterocycles. The van der Waals surface area contributed by atoms with Crippen LogP contribution in [0.5, 0.6) is 0 Å². The van der Waals surface area contributed by atoms with Crippen LogP contribution in [-0.2, 0) is 11.3 Å². The summed E-state index contributed by atoms with van der Waals surface area (Å²) >= 11 is 0. The molecule has 2 unspecified atom stereocenters. The minimum absolute atomic E-state index is 0.360. The van der Waals surface area contributed by atoms with Gasteiger partial charge in [0.2, 0.25) is 0 Å². The summed E-state index contributed by atoms with van der Waals surface area (Å²) in [6.45, 7) is 3.84. The summed E-state index contributed by atoms with van der Waals surface area (Å²) in [6.07, 6.45) is 4.44. The molecule has 2 N–H and O–H groups in total. The maximum atomic E-state index is 5.58. The first-order valence-corrected chi connectivity index (χ1v) is 7.25. The van der Waals surface area contributed by atoms with Gasteiger partial charge in [0, 0.05) is 24.8 Å². The predicted octanol–water partition coefficient (Wildman–Crippen LogP) is 2.73. The number of aromatic amines is 1. The van der Waals surface area contributed by atoms with Gasteiger partial charge in [0.05, 0.1) is 18.0 Å². The third kappa shape index (κ3) is 3.08. The third-order valence-electron chi connectivity index (χ3n) is 3.85. The number of nitrogens with zero attached hydrogens (tertiary/aromatic N) is 1. The van der Waals surface area contributed by atoms with Gasteiger partial charge in [-0.15, -0.1) is 0 Å². The summed E-state index contributed by atoms with van der Waals surface area (Å²) in [4.78, 5) is 0. The van der Waals surface area contributed by atoms with Crippen LogP contribution in [0.25, 0.3) is 11.3 Å². The molecule has 1 fully saturated rings. The zero-order chi connectivity index (χ0) is 13.8. The second kappa shape index (κ2) is 6.20. The molecule has 1 aromatic carbocycles. The molecule has 1 aromatic heterocycles. The number of nitrogens with one attached hydrogen (secondary N) is 2. The molecule has 0 spiro atoms. The maximum Gasteiger partial charge on any atom is 0.0695 e. The van der Waals surface area contributed by atoms with Crippen molar-refractivity contribution in [3.05, 3.63) is 42.1 Å². The summed E-state index contributed by atoms with van der Waals surface area (Å²) in [7, 11) is 0.